The predicted octanol–water partition coefficient (Wildman–Crippen LogP) is 2.08. The highest BCUT2D eigenvalue weighted by Crippen LogP contribution is 2.16. The molecule has 2 heterocycles. The first-order valence-electron chi connectivity index (χ1n) is 7.29. The quantitative estimate of drug-likeness (QED) is 0.528. The summed E-state index contributed by atoms with van der Waals surface area (Å²) in [6.45, 7) is 2.30. The molecule has 130 valence electrons. The molecular formula is C15H15ClN6OS2. The number of nitrogen functional groups attached to an aromatic ring is 1. The fraction of sp³-hybridized carbons (Fsp3) is 0.200. The van der Waals surface area contributed by atoms with Gasteiger partial charge in [-0.25, -0.2) is 4.68 Å². The maximum atomic E-state index is 12.2. The van der Waals surface area contributed by atoms with Crippen LogP contribution in [-0.4, -0.2) is 31.1 Å². The van der Waals surface area contributed by atoms with E-state index in [2.05, 4.69) is 15.2 Å². The lowest BCUT2D eigenvalue weighted by atomic mass is 10.2. The van der Waals surface area contributed by atoms with E-state index in [-0.39, 0.29) is 11.7 Å². The molecule has 0 aliphatic rings. The molecule has 3 rings (SSSR count). The zero-order valence-electron chi connectivity index (χ0n) is 13.3. The largest absolute Gasteiger partial charge is 0.336 e. The zero-order chi connectivity index (χ0) is 17.8. The topological polar surface area (TPSA) is 91.1 Å². The lowest BCUT2D eigenvalue weighted by Gasteiger charge is -2.05. The molecule has 0 aliphatic heterocycles. The molecule has 0 unspecified atom stereocenters. The van der Waals surface area contributed by atoms with E-state index in [0.717, 1.165) is 5.56 Å². The third-order valence-corrected chi connectivity index (χ3v) is 5.43. The maximum Gasteiger partial charge on any atom is 0.258 e. The van der Waals surface area contributed by atoms with Crippen molar-refractivity contribution in [3.63, 3.8) is 0 Å². The van der Waals surface area contributed by atoms with Gasteiger partial charge in [-0.2, -0.15) is 4.99 Å². The molecule has 0 saturated carbocycles. The van der Waals surface area contributed by atoms with Crippen molar-refractivity contribution in [3.05, 3.63) is 57.1 Å². The number of benzene rings is 1. The number of thiazole rings is 1. The summed E-state index contributed by atoms with van der Waals surface area (Å²) in [5, 5.41) is 10.8. The van der Waals surface area contributed by atoms with Crippen LogP contribution in [0.15, 0.2) is 46.0 Å². The van der Waals surface area contributed by atoms with Gasteiger partial charge in [-0.3, -0.25) is 4.79 Å². The second-order valence-corrected chi connectivity index (χ2v) is 7.32. The van der Waals surface area contributed by atoms with E-state index in [1.165, 1.54) is 27.8 Å². The van der Waals surface area contributed by atoms with Crippen molar-refractivity contribution in [2.24, 2.45) is 4.99 Å². The minimum Gasteiger partial charge on any atom is -0.336 e. The SMILES string of the molecule is Cc1nnc(SCC(=O)N=c2sccn2Cc2ccccc2Cl)n1N. The highest BCUT2D eigenvalue weighted by Gasteiger charge is 2.10. The fourth-order valence-electron chi connectivity index (χ4n) is 2.03. The van der Waals surface area contributed by atoms with Gasteiger partial charge >= 0.3 is 0 Å². The van der Waals surface area contributed by atoms with Crippen molar-refractivity contribution in [2.75, 3.05) is 11.6 Å². The van der Waals surface area contributed by atoms with Gasteiger partial charge in [0.05, 0.1) is 12.3 Å². The number of carbonyl (C=O) groups excluding carboxylic acids is 1. The van der Waals surface area contributed by atoms with Crippen molar-refractivity contribution in [1.82, 2.24) is 19.4 Å². The predicted molar refractivity (Wildman–Crippen MR) is 99.1 cm³/mol. The molecule has 0 saturated heterocycles. The van der Waals surface area contributed by atoms with Crippen molar-refractivity contribution < 1.29 is 4.79 Å². The van der Waals surface area contributed by atoms with Crippen molar-refractivity contribution in [3.8, 4) is 0 Å². The van der Waals surface area contributed by atoms with E-state index < -0.39 is 0 Å². The van der Waals surface area contributed by atoms with Crippen LogP contribution < -0.4 is 10.6 Å². The summed E-state index contributed by atoms with van der Waals surface area (Å²) < 4.78 is 3.24. The van der Waals surface area contributed by atoms with Gasteiger partial charge in [0.2, 0.25) is 5.16 Å². The van der Waals surface area contributed by atoms with Crippen LogP contribution in [0.3, 0.4) is 0 Å². The van der Waals surface area contributed by atoms with Gasteiger partial charge in [-0.05, 0) is 18.6 Å². The van der Waals surface area contributed by atoms with Crippen molar-refractivity contribution in [1.29, 1.82) is 0 Å². The monoisotopic (exact) mass is 394 g/mol. The first-order chi connectivity index (χ1) is 12.0. The fourth-order valence-corrected chi connectivity index (χ4v) is 3.66. The molecule has 0 aliphatic carbocycles. The summed E-state index contributed by atoms with van der Waals surface area (Å²) in [4.78, 5) is 17.0. The number of rotatable bonds is 5. The Hall–Kier alpha value is -2.10. The van der Waals surface area contributed by atoms with E-state index in [4.69, 9.17) is 17.4 Å². The Labute approximate surface area is 157 Å². The summed E-state index contributed by atoms with van der Waals surface area (Å²) in [6.07, 6.45) is 1.88. The number of halogens is 1. The zero-order valence-corrected chi connectivity index (χ0v) is 15.7. The third-order valence-electron chi connectivity index (χ3n) is 3.34. The van der Waals surface area contributed by atoms with Crippen LogP contribution in [0.1, 0.15) is 11.4 Å². The Balaban J connectivity index is 1.71. The number of aromatic nitrogens is 4. The van der Waals surface area contributed by atoms with E-state index >= 15 is 0 Å². The lowest BCUT2D eigenvalue weighted by Crippen LogP contribution is -2.18. The highest BCUT2D eigenvalue weighted by atomic mass is 35.5. The molecule has 25 heavy (non-hydrogen) atoms. The second kappa shape index (κ2) is 7.85. The molecule has 3 aromatic rings. The second-order valence-electron chi connectivity index (χ2n) is 5.10. The van der Waals surface area contributed by atoms with E-state index in [0.29, 0.717) is 27.3 Å². The smallest absolute Gasteiger partial charge is 0.258 e. The summed E-state index contributed by atoms with van der Waals surface area (Å²) in [5.41, 5.74) is 0.970. The standard InChI is InChI=1S/C15H15ClN6OS2/c1-10-19-20-15(22(10)17)25-9-13(23)18-14-21(6-7-24-14)8-11-4-2-3-5-12(11)16/h2-7H,8-9,17H2,1H3. The number of carbonyl (C=O) groups is 1. The Morgan fingerprint density at radius 2 is 2.20 bits per heavy atom. The number of hydrogen-bond donors (Lipinski definition) is 1. The molecule has 2 N–H and O–H groups in total. The number of nitrogens with zero attached hydrogens (tertiary/aromatic N) is 5. The summed E-state index contributed by atoms with van der Waals surface area (Å²) >= 11 is 8.80. The molecular weight excluding hydrogens is 380 g/mol. The van der Waals surface area contributed by atoms with E-state index in [1.807, 2.05) is 40.4 Å². The minimum atomic E-state index is -0.263. The third kappa shape index (κ3) is 4.30. The van der Waals surface area contributed by atoms with Crippen LogP contribution in [0.2, 0.25) is 5.02 Å². The maximum absolute atomic E-state index is 12.2. The molecule has 7 nitrogen and oxygen atoms in total. The average Bonchev–Trinajstić information content (AvgIpc) is 3.15. The number of thioether (sulfide) groups is 1. The highest BCUT2D eigenvalue weighted by molar-refractivity contribution is 7.99. The van der Waals surface area contributed by atoms with Gasteiger partial charge in [0, 0.05) is 16.6 Å². The summed E-state index contributed by atoms with van der Waals surface area (Å²) in [6, 6.07) is 7.60. The molecule has 0 fully saturated rings. The number of amides is 1. The lowest BCUT2D eigenvalue weighted by molar-refractivity contribution is -0.115. The van der Waals surface area contributed by atoms with Gasteiger partial charge in [0.25, 0.3) is 5.91 Å². The normalized spacial score (nSPS) is 11.8. The average molecular weight is 395 g/mol. The molecule has 1 aromatic carbocycles. The first-order valence-corrected chi connectivity index (χ1v) is 9.53. The van der Waals surface area contributed by atoms with Gasteiger partial charge in [-0.15, -0.1) is 21.5 Å². The van der Waals surface area contributed by atoms with Crippen LogP contribution >= 0.6 is 34.7 Å². The Morgan fingerprint density at radius 1 is 1.40 bits per heavy atom. The van der Waals surface area contributed by atoms with Gasteiger partial charge < -0.3 is 10.4 Å². The van der Waals surface area contributed by atoms with Gasteiger partial charge in [0.1, 0.15) is 5.82 Å². The van der Waals surface area contributed by atoms with Gasteiger partial charge in [-0.1, -0.05) is 41.6 Å². The Kier molecular flexibility index (Phi) is 5.57. The minimum absolute atomic E-state index is 0.138. The van der Waals surface area contributed by atoms with Crippen molar-refractivity contribution >= 4 is 40.6 Å². The molecule has 0 radical (unpaired) electrons. The number of nitrogens with two attached hydrogens (primary N) is 1. The molecule has 10 heteroatoms. The molecule has 1 amide bonds. The van der Waals surface area contributed by atoms with Crippen molar-refractivity contribution in [2.45, 2.75) is 18.6 Å². The molecule has 0 atom stereocenters. The Morgan fingerprint density at radius 3 is 2.92 bits per heavy atom. The summed E-state index contributed by atoms with van der Waals surface area (Å²) in [5.74, 6) is 6.22. The Bertz CT molecular complexity index is 961. The number of aryl methyl sites for hydroxylation is 1. The molecule has 2 aromatic heterocycles. The van der Waals surface area contributed by atoms with E-state index in [9.17, 15) is 4.79 Å². The van der Waals surface area contributed by atoms with Crippen LogP contribution in [0.5, 0.6) is 0 Å². The van der Waals surface area contributed by atoms with Crippen LogP contribution in [0, 0.1) is 6.92 Å². The molecule has 0 bridgehead atoms. The number of hydrogen-bond acceptors (Lipinski definition) is 6. The summed E-state index contributed by atoms with van der Waals surface area (Å²) in [7, 11) is 0. The first kappa shape index (κ1) is 17.7. The molecule has 0 spiro atoms. The van der Waals surface area contributed by atoms with E-state index in [1.54, 1.807) is 6.92 Å². The van der Waals surface area contributed by atoms with Gasteiger partial charge in [0.15, 0.2) is 4.80 Å². The van der Waals surface area contributed by atoms with Crippen LogP contribution in [-0.2, 0) is 11.3 Å². The van der Waals surface area contributed by atoms with Crippen LogP contribution in [0.4, 0.5) is 0 Å². The van der Waals surface area contributed by atoms with Crippen LogP contribution in [0.25, 0.3) is 0 Å².